The fourth-order valence-corrected chi connectivity index (χ4v) is 2.32. The molecular formula is C15H25N5O4S. The molecular weight excluding hydrogens is 346 g/mol. The van der Waals surface area contributed by atoms with Crippen LogP contribution in [-0.2, 0) is 20.8 Å². The van der Waals surface area contributed by atoms with Crippen LogP contribution in [0, 0.1) is 5.92 Å². The van der Waals surface area contributed by atoms with Crippen molar-refractivity contribution in [1.29, 1.82) is 0 Å². The maximum Gasteiger partial charge on any atom is 0.326 e. The lowest BCUT2D eigenvalue weighted by Gasteiger charge is -2.23. The first-order valence-corrected chi connectivity index (χ1v) is 8.60. The summed E-state index contributed by atoms with van der Waals surface area (Å²) in [6.45, 7) is 3.75. The molecule has 0 spiro atoms. The smallest absolute Gasteiger partial charge is 0.326 e. The quantitative estimate of drug-likeness (QED) is 0.300. The van der Waals surface area contributed by atoms with Crippen LogP contribution in [0.1, 0.15) is 26.0 Å². The molecule has 0 aromatic carbocycles. The van der Waals surface area contributed by atoms with E-state index >= 15 is 0 Å². The molecule has 0 radical (unpaired) electrons. The zero-order valence-electron chi connectivity index (χ0n) is 14.2. The van der Waals surface area contributed by atoms with Crippen LogP contribution in [0.4, 0.5) is 0 Å². The van der Waals surface area contributed by atoms with Gasteiger partial charge in [0.15, 0.2) is 0 Å². The van der Waals surface area contributed by atoms with E-state index in [1.165, 1.54) is 12.5 Å². The number of carboxylic acid groups (broad SMARTS) is 1. The van der Waals surface area contributed by atoms with Gasteiger partial charge in [0, 0.05) is 24.1 Å². The third kappa shape index (κ3) is 6.39. The van der Waals surface area contributed by atoms with Crippen molar-refractivity contribution in [2.75, 3.05) is 5.75 Å². The highest BCUT2D eigenvalue weighted by Crippen LogP contribution is 2.06. The molecule has 2 amide bonds. The molecule has 0 unspecified atom stereocenters. The van der Waals surface area contributed by atoms with Gasteiger partial charge in [-0.1, -0.05) is 20.3 Å². The van der Waals surface area contributed by atoms with Crippen molar-refractivity contribution < 1.29 is 19.5 Å². The molecule has 9 nitrogen and oxygen atoms in total. The Kier molecular flexibility index (Phi) is 8.42. The maximum absolute atomic E-state index is 12.3. The number of H-pyrrole nitrogens is 1. The molecule has 140 valence electrons. The predicted molar refractivity (Wildman–Crippen MR) is 95.1 cm³/mol. The lowest BCUT2D eigenvalue weighted by atomic mass is 9.99. The highest BCUT2D eigenvalue weighted by molar-refractivity contribution is 7.80. The van der Waals surface area contributed by atoms with Gasteiger partial charge < -0.3 is 26.5 Å². The van der Waals surface area contributed by atoms with E-state index in [9.17, 15) is 19.5 Å². The molecule has 10 heteroatoms. The first-order chi connectivity index (χ1) is 11.8. The molecule has 1 aromatic heterocycles. The molecule has 0 aliphatic rings. The summed E-state index contributed by atoms with van der Waals surface area (Å²) in [7, 11) is 0. The molecule has 6 N–H and O–H groups in total. The third-order valence-electron chi connectivity index (χ3n) is 3.97. The molecule has 0 bridgehead atoms. The normalized spacial score (nSPS) is 15.7. The Morgan fingerprint density at radius 1 is 1.32 bits per heavy atom. The summed E-state index contributed by atoms with van der Waals surface area (Å²) in [5.74, 6) is -2.32. The molecule has 0 aliphatic heterocycles. The van der Waals surface area contributed by atoms with Crippen LogP contribution in [0.2, 0.25) is 0 Å². The number of carbonyl (C=O) groups excluding carboxylic acids is 2. The fourth-order valence-electron chi connectivity index (χ4n) is 2.06. The Morgan fingerprint density at radius 2 is 1.96 bits per heavy atom. The van der Waals surface area contributed by atoms with E-state index in [4.69, 9.17) is 5.73 Å². The van der Waals surface area contributed by atoms with E-state index in [0.717, 1.165) is 6.42 Å². The monoisotopic (exact) mass is 371 g/mol. The standard InChI is InChI=1S/C15H25N5O4S/c1-3-8(2)12(16)14(22)20-11(6-25)13(21)19-10(15(23)24)4-9-5-17-7-18-9/h5,7-8,10-12,25H,3-4,6,16H2,1-2H3,(H,17,18)(H,19,21)(H,20,22)(H,23,24)/t8-,10-,11-,12-/m0/s1. The summed E-state index contributed by atoms with van der Waals surface area (Å²) < 4.78 is 0. The number of carbonyl (C=O) groups is 3. The maximum atomic E-state index is 12.3. The number of aliphatic carboxylic acids is 1. The number of amides is 2. The van der Waals surface area contributed by atoms with Crippen LogP contribution < -0.4 is 16.4 Å². The van der Waals surface area contributed by atoms with Crippen molar-refractivity contribution in [2.24, 2.45) is 11.7 Å². The SMILES string of the molecule is CC[C@H](C)[C@H](N)C(=O)N[C@@H](CS)C(=O)N[C@@H](Cc1cnc[nH]1)C(=O)O. The molecule has 0 fully saturated rings. The summed E-state index contributed by atoms with van der Waals surface area (Å²) in [5, 5.41) is 14.2. The van der Waals surface area contributed by atoms with Gasteiger partial charge in [0.1, 0.15) is 12.1 Å². The van der Waals surface area contributed by atoms with Crippen molar-refractivity contribution >= 4 is 30.4 Å². The summed E-state index contributed by atoms with van der Waals surface area (Å²) in [6, 6.07) is -2.88. The Bertz CT molecular complexity index is 580. The van der Waals surface area contributed by atoms with Crippen LogP contribution >= 0.6 is 12.6 Å². The number of nitrogens with zero attached hydrogens (tertiary/aromatic N) is 1. The minimum absolute atomic E-state index is 0.0151. The average Bonchev–Trinajstić information content (AvgIpc) is 3.10. The predicted octanol–water partition coefficient (Wildman–Crippen LogP) is -0.690. The van der Waals surface area contributed by atoms with E-state index < -0.39 is 35.9 Å². The Balaban J connectivity index is 2.69. The minimum Gasteiger partial charge on any atom is -0.480 e. The number of aromatic nitrogens is 2. The van der Waals surface area contributed by atoms with Gasteiger partial charge in [-0.05, 0) is 5.92 Å². The molecule has 4 atom stereocenters. The molecule has 1 heterocycles. The highest BCUT2D eigenvalue weighted by Gasteiger charge is 2.28. The first-order valence-electron chi connectivity index (χ1n) is 7.97. The Labute approximate surface area is 151 Å². The van der Waals surface area contributed by atoms with Gasteiger partial charge in [-0.2, -0.15) is 12.6 Å². The number of aromatic amines is 1. The van der Waals surface area contributed by atoms with Gasteiger partial charge in [-0.25, -0.2) is 9.78 Å². The Hall–Kier alpha value is -2.07. The number of hydrogen-bond donors (Lipinski definition) is 6. The van der Waals surface area contributed by atoms with Crippen LogP contribution in [0.15, 0.2) is 12.5 Å². The number of hydrogen-bond acceptors (Lipinski definition) is 6. The second kappa shape index (κ2) is 10.0. The molecule has 1 rings (SSSR count). The Morgan fingerprint density at radius 3 is 2.44 bits per heavy atom. The van der Waals surface area contributed by atoms with Crippen LogP contribution in [-0.4, -0.2) is 56.7 Å². The number of carboxylic acids is 1. The van der Waals surface area contributed by atoms with E-state index in [2.05, 4.69) is 33.2 Å². The van der Waals surface area contributed by atoms with Crippen molar-refractivity contribution in [2.45, 2.75) is 44.8 Å². The molecule has 0 saturated carbocycles. The number of imidazole rings is 1. The van der Waals surface area contributed by atoms with E-state index in [1.54, 1.807) is 0 Å². The number of nitrogens with one attached hydrogen (secondary N) is 3. The van der Waals surface area contributed by atoms with Gasteiger partial charge in [0.2, 0.25) is 11.8 Å². The zero-order chi connectivity index (χ0) is 19.0. The fraction of sp³-hybridized carbons (Fsp3) is 0.600. The summed E-state index contributed by atoms with van der Waals surface area (Å²) in [5.41, 5.74) is 6.41. The molecule has 0 aliphatic carbocycles. The highest BCUT2D eigenvalue weighted by atomic mass is 32.1. The third-order valence-corrected chi connectivity index (χ3v) is 4.33. The van der Waals surface area contributed by atoms with Gasteiger partial charge in [0.25, 0.3) is 0 Å². The van der Waals surface area contributed by atoms with E-state index in [1.807, 2.05) is 13.8 Å². The van der Waals surface area contributed by atoms with Gasteiger partial charge in [0.05, 0.1) is 12.4 Å². The zero-order valence-corrected chi connectivity index (χ0v) is 15.1. The van der Waals surface area contributed by atoms with Crippen molar-refractivity contribution in [3.05, 3.63) is 18.2 Å². The summed E-state index contributed by atoms with van der Waals surface area (Å²) in [6.07, 6.45) is 3.66. The number of nitrogens with two attached hydrogens (primary N) is 1. The van der Waals surface area contributed by atoms with Crippen molar-refractivity contribution in [3.8, 4) is 0 Å². The lowest BCUT2D eigenvalue weighted by molar-refractivity contribution is -0.142. The van der Waals surface area contributed by atoms with Gasteiger partial charge in [-0.15, -0.1) is 0 Å². The summed E-state index contributed by atoms with van der Waals surface area (Å²) in [4.78, 5) is 42.4. The van der Waals surface area contributed by atoms with E-state index in [0.29, 0.717) is 5.69 Å². The minimum atomic E-state index is -1.19. The second-order valence-corrected chi connectivity index (χ2v) is 6.20. The molecule has 25 heavy (non-hydrogen) atoms. The van der Waals surface area contributed by atoms with Crippen LogP contribution in [0.5, 0.6) is 0 Å². The molecule has 0 saturated heterocycles. The van der Waals surface area contributed by atoms with Crippen LogP contribution in [0.3, 0.4) is 0 Å². The van der Waals surface area contributed by atoms with Gasteiger partial charge in [-0.3, -0.25) is 9.59 Å². The average molecular weight is 371 g/mol. The van der Waals surface area contributed by atoms with Crippen molar-refractivity contribution in [1.82, 2.24) is 20.6 Å². The lowest BCUT2D eigenvalue weighted by Crippen LogP contribution is -2.56. The second-order valence-electron chi connectivity index (χ2n) is 5.84. The van der Waals surface area contributed by atoms with Gasteiger partial charge >= 0.3 is 5.97 Å². The molecule has 1 aromatic rings. The van der Waals surface area contributed by atoms with Crippen molar-refractivity contribution in [3.63, 3.8) is 0 Å². The number of thiol groups is 1. The number of rotatable bonds is 10. The first kappa shape index (κ1) is 21.0. The largest absolute Gasteiger partial charge is 0.480 e. The van der Waals surface area contributed by atoms with E-state index in [-0.39, 0.29) is 18.1 Å². The van der Waals surface area contributed by atoms with Crippen LogP contribution in [0.25, 0.3) is 0 Å². The summed E-state index contributed by atoms with van der Waals surface area (Å²) >= 11 is 4.06. The topological polar surface area (TPSA) is 150 Å².